The summed E-state index contributed by atoms with van der Waals surface area (Å²) >= 11 is 0. The van der Waals surface area contributed by atoms with E-state index in [4.69, 9.17) is 9.72 Å². The number of aromatic nitrogens is 3. The fraction of sp³-hybridized carbons (Fsp3) is 0.409. The molecule has 0 aliphatic carbocycles. The number of amides is 1. The number of nitrogens with zero attached hydrogens (tertiary/aromatic N) is 4. The third kappa shape index (κ3) is 3.59. The van der Waals surface area contributed by atoms with E-state index in [1.165, 1.54) is 4.57 Å². The van der Waals surface area contributed by atoms with Gasteiger partial charge < -0.3 is 19.5 Å². The highest BCUT2D eigenvalue weighted by Crippen LogP contribution is 2.20. The van der Waals surface area contributed by atoms with Crippen LogP contribution in [0.15, 0.2) is 29.1 Å². The van der Waals surface area contributed by atoms with Crippen LogP contribution in [-0.2, 0) is 23.1 Å². The van der Waals surface area contributed by atoms with Crippen molar-refractivity contribution in [2.24, 2.45) is 7.05 Å². The number of carbonyl (C=O) groups excluding carboxylic acids is 1. The first-order valence-corrected chi connectivity index (χ1v) is 10.1. The van der Waals surface area contributed by atoms with E-state index in [1.54, 1.807) is 0 Å². The molecule has 4 rings (SSSR count). The van der Waals surface area contributed by atoms with Crippen molar-refractivity contribution < 1.29 is 9.53 Å². The molecule has 8 heteroatoms. The molecule has 0 bridgehead atoms. The molecule has 1 amide bonds. The average molecular weight is 409 g/mol. The highest BCUT2D eigenvalue weighted by atomic mass is 16.5. The molecular formula is C22H27N5O3. The highest BCUT2D eigenvalue weighted by molar-refractivity contribution is 5.92. The van der Waals surface area contributed by atoms with Crippen molar-refractivity contribution in [3.8, 4) is 0 Å². The molecule has 8 nitrogen and oxygen atoms in total. The van der Waals surface area contributed by atoms with Crippen LogP contribution in [0, 0.1) is 20.8 Å². The fourth-order valence-corrected chi connectivity index (χ4v) is 3.80. The zero-order valence-corrected chi connectivity index (χ0v) is 17.9. The van der Waals surface area contributed by atoms with Crippen molar-refractivity contribution in [2.45, 2.75) is 27.3 Å². The Morgan fingerprint density at radius 1 is 1.20 bits per heavy atom. The summed E-state index contributed by atoms with van der Waals surface area (Å²) in [7, 11) is 1.84. The zero-order valence-electron chi connectivity index (χ0n) is 17.9. The van der Waals surface area contributed by atoms with Gasteiger partial charge in [-0.3, -0.25) is 14.2 Å². The first kappa shape index (κ1) is 20.2. The van der Waals surface area contributed by atoms with Crippen LogP contribution in [0.5, 0.6) is 0 Å². The molecule has 1 aliphatic rings. The first-order valence-electron chi connectivity index (χ1n) is 10.1. The number of fused-ring (bicyclic) bond motifs is 1. The van der Waals surface area contributed by atoms with Crippen molar-refractivity contribution in [2.75, 3.05) is 36.5 Å². The van der Waals surface area contributed by atoms with E-state index < -0.39 is 0 Å². The third-order valence-corrected chi connectivity index (χ3v) is 5.84. The van der Waals surface area contributed by atoms with E-state index in [-0.39, 0.29) is 18.0 Å². The SMILES string of the molecule is Cc1cccc(NC(=O)Cn2c(N3CCOCC3)nc3cc(C)n(C)c3c2=O)c1C. The van der Waals surface area contributed by atoms with Crippen LogP contribution in [0.3, 0.4) is 0 Å². The first-order chi connectivity index (χ1) is 14.4. The summed E-state index contributed by atoms with van der Waals surface area (Å²) in [6.45, 7) is 8.19. The Hall–Kier alpha value is -3.13. The topological polar surface area (TPSA) is 81.4 Å². The smallest absolute Gasteiger partial charge is 0.279 e. The third-order valence-electron chi connectivity index (χ3n) is 5.84. The van der Waals surface area contributed by atoms with Gasteiger partial charge in [0.1, 0.15) is 12.1 Å². The molecule has 1 fully saturated rings. The second kappa shape index (κ2) is 7.95. The van der Waals surface area contributed by atoms with E-state index in [1.807, 2.05) is 61.6 Å². The summed E-state index contributed by atoms with van der Waals surface area (Å²) in [5.41, 5.74) is 4.74. The molecular weight excluding hydrogens is 382 g/mol. The average Bonchev–Trinajstić information content (AvgIpc) is 3.02. The van der Waals surface area contributed by atoms with Crippen molar-refractivity contribution in [1.29, 1.82) is 0 Å². The Balaban J connectivity index is 1.74. The number of morpholine rings is 1. The van der Waals surface area contributed by atoms with Gasteiger partial charge in [0.05, 0.1) is 18.7 Å². The molecule has 1 aromatic carbocycles. The summed E-state index contributed by atoms with van der Waals surface area (Å²) < 4.78 is 8.75. The molecule has 158 valence electrons. The lowest BCUT2D eigenvalue weighted by Crippen LogP contribution is -2.42. The van der Waals surface area contributed by atoms with Crippen molar-refractivity contribution in [3.63, 3.8) is 0 Å². The quantitative estimate of drug-likeness (QED) is 0.714. The van der Waals surface area contributed by atoms with Gasteiger partial charge in [0.2, 0.25) is 11.9 Å². The lowest BCUT2D eigenvalue weighted by molar-refractivity contribution is -0.116. The van der Waals surface area contributed by atoms with Gasteiger partial charge in [-0.15, -0.1) is 0 Å². The molecule has 0 unspecified atom stereocenters. The maximum atomic E-state index is 13.4. The Kier molecular flexibility index (Phi) is 5.34. The lowest BCUT2D eigenvalue weighted by Gasteiger charge is -2.29. The highest BCUT2D eigenvalue weighted by Gasteiger charge is 2.22. The van der Waals surface area contributed by atoms with Gasteiger partial charge >= 0.3 is 0 Å². The van der Waals surface area contributed by atoms with Crippen LogP contribution in [0.4, 0.5) is 11.6 Å². The van der Waals surface area contributed by atoms with E-state index in [0.29, 0.717) is 43.3 Å². The molecule has 0 atom stereocenters. The summed E-state index contributed by atoms with van der Waals surface area (Å²) in [5, 5.41) is 2.95. The molecule has 0 radical (unpaired) electrons. The second-order valence-electron chi connectivity index (χ2n) is 7.78. The Morgan fingerprint density at radius 3 is 2.67 bits per heavy atom. The Labute approximate surface area is 175 Å². The maximum absolute atomic E-state index is 13.4. The van der Waals surface area contributed by atoms with Gasteiger partial charge in [-0.1, -0.05) is 12.1 Å². The normalized spacial score (nSPS) is 14.3. The number of aryl methyl sites for hydroxylation is 3. The summed E-state index contributed by atoms with van der Waals surface area (Å²) in [4.78, 5) is 33.1. The molecule has 3 aromatic rings. The summed E-state index contributed by atoms with van der Waals surface area (Å²) in [5.74, 6) is 0.255. The van der Waals surface area contributed by atoms with Crippen LogP contribution in [-0.4, -0.2) is 46.3 Å². The fourth-order valence-electron chi connectivity index (χ4n) is 3.80. The van der Waals surface area contributed by atoms with Crippen molar-refractivity contribution in [1.82, 2.24) is 14.1 Å². The van der Waals surface area contributed by atoms with Crippen molar-refractivity contribution >= 4 is 28.6 Å². The van der Waals surface area contributed by atoms with Crippen LogP contribution in [0.2, 0.25) is 0 Å². The van der Waals surface area contributed by atoms with Gasteiger partial charge in [-0.2, -0.15) is 0 Å². The van der Waals surface area contributed by atoms with E-state index in [2.05, 4.69) is 5.32 Å². The minimum absolute atomic E-state index is 0.105. The van der Waals surface area contributed by atoms with Crippen LogP contribution >= 0.6 is 0 Å². The lowest BCUT2D eigenvalue weighted by atomic mass is 10.1. The van der Waals surface area contributed by atoms with E-state index in [0.717, 1.165) is 22.5 Å². The van der Waals surface area contributed by atoms with Crippen LogP contribution < -0.4 is 15.8 Å². The predicted octanol–water partition coefficient (Wildman–Crippen LogP) is 2.14. The Morgan fingerprint density at radius 2 is 1.93 bits per heavy atom. The predicted molar refractivity (Wildman–Crippen MR) is 117 cm³/mol. The number of anilines is 2. The number of hydrogen-bond donors (Lipinski definition) is 1. The molecule has 3 heterocycles. The standard InChI is InChI=1S/C22H27N5O3/c1-14-6-5-7-17(16(14)3)23-19(28)13-27-21(29)20-18(12-15(2)25(20)4)24-22(27)26-8-10-30-11-9-26/h5-7,12H,8-11,13H2,1-4H3,(H,23,28). The molecule has 0 saturated carbocycles. The molecule has 2 aromatic heterocycles. The number of benzene rings is 1. The van der Waals surface area contributed by atoms with E-state index in [9.17, 15) is 9.59 Å². The van der Waals surface area contributed by atoms with Gasteiger partial charge in [0.15, 0.2) is 0 Å². The van der Waals surface area contributed by atoms with Gasteiger partial charge in [0, 0.05) is 31.5 Å². The largest absolute Gasteiger partial charge is 0.378 e. The number of hydrogen-bond acceptors (Lipinski definition) is 5. The zero-order chi connectivity index (χ0) is 21.4. The van der Waals surface area contributed by atoms with Crippen LogP contribution in [0.1, 0.15) is 16.8 Å². The summed E-state index contributed by atoms with van der Waals surface area (Å²) in [6.07, 6.45) is 0. The molecule has 1 N–H and O–H groups in total. The molecule has 0 spiro atoms. The van der Waals surface area contributed by atoms with Crippen molar-refractivity contribution in [3.05, 3.63) is 51.4 Å². The summed E-state index contributed by atoms with van der Waals surface area (Å²) in [6, 6.07) is 7.68. The number of carbonyl (C=O) groups is 1. The van der Waals surface area contributed by atoms with Gasteiger partial charge in [-0.25, -0.2) is 4.98 Å². The number of rotatable bonds is 4. The number of nitrogens with one attached hydrogen (secondary N) is 1. The second-order valence-corrected chi connectivity index (χ2v) is 7.78. The van der Waals surface area contributed by atoms with Gasteiger partial charge in [0.25, 0.3) is 5.56 Å². The molecule has 30 heavy (non-hydrogen) atoms. The maximum Gasteiger partial charge on any atom is 0.279 e. The Bertz CT molecular complexity index is 1170. The molecule has 1 saturated heterocycles. The van der Waals surface area contributed by atoms with Crippen LogP contribution in [0.25, 0.3) is 11.0 Å². The minimum atomic E-state index is -0.257. The minimum Gasteiger partial charge on any atom is -0.378 e. The monoisotopic (exact) mass is 409 g/mol. The van der Waals surface area contributed by atoms with E-state index >= 15 is 0 Å². The van der Waals surface area contributed by atoms with Gasteiger partial charge in [-0.05, 0) is 44.0 Å². The molecule has 1 aliphatic heterocycles. The number of ether oxygens (including phenoxy) is 1.